The van der Waals surface area contributed by atoms with Crippen LogP contribution >= 0.6 is 0 Å². The molecule has 0 saturated carbocycles. The van der Waals surface area contributed by atoms with E-state index in [9.17, 15) is 9.50 Å². The van der Waals surface area contributed by atoms with Gasteiger partial charge in [-0.15, -0.1) is 0 Å². The van der Waals surface area contributed by atoms with Crippen LogP contribution in [0.2, 0.25) is 0 Å². The fourth-order valence-corrected chi connectivity index (χ4v) is 1.72. The summed E-state index contributed by atoms with van der Waals surface area (Å²) in [6.07, 6.45) is -0.832. The number of hydrogen-bond acceptors (Lipinski definition) is 2. The van der Waals surface area contributed by atoms with E-state index in [1.807, 2.05) is 30.3 Å². The molecule has 1 atom stereocenters. The van der Waals surface area contributed by atoms with Crippen LogP contribution in [0.1, 0.15) is 24.2 Å². The van der Waals surface area contributed by atoms with Crippen molar-refractivity contribution < 1.29 is 14.2 Å². The monoisotopic (exact) mass is 270 g/mol. The number of benzene rings is 2. The van der Waals surface area contributed by atoms with E-state index in [1.165, 1.54) is 19.1 Å². The predicted octanol–water partition coefficient (Wildman–Crippen LogP) is 3.31. The minimum absolute atomic E-state index is 0.183. The maximum absolute atomic E-state index is 13.6. The van der Waals surface area contributed by atoms with E-state index in [-0.39, 0.29) is 12.2 Å². The average Bonchev–Trinajstić information content (AvgIpc) is 2.44. The van der Waals surface area contributed by atoms with E-state index in [2.05, 4.69) is 11.8 Å². The molecule has 102 valence electrons. The van der Waals surface area contributed by atoms with Crippen molar-refractivity contribution in [3.05, 3.63) is 65.5 Å². The van der Waals surface area contributed by atoms with Crippen molar-refractivity contribution in [3.8, 4) is 17.6 Å². The van der Waals surface area contributed by atoms with Crippen LogP contribution in [0.5, 0.6) is 5.75 Å². The van der Waals surface area contributed by atoms with Crippen LogP contribution in [0, 0.1) is 17.7 Å². The van der Waals surface area contributed by atoms with Gasteiger partial charge in [0, 0.05) is 17.2 Å². The van der Waals surface area contributed by atoms with Gasteiger partial charge in [-0.25, -0.2) is 4.39 Å². The first-order valence-electron chi connectivity index (χ1n) is 6.31. The van der Waals surface area contributed by atoms with Crippen LogP contribution in [0.15, 0.2) is 48.5 Å². The maximum Gasteiger partial charge on any atom is 0.149 e. The molecule has 0 saturated heterocycles. The molecular formula is C17H15FO2. The Labute approximate surface area is 117 Å². The van der Waals surface area contributed by atoms with Crippen LogP contribution in [0.4, 0.5) is 4.39 Å². The Morgan fingerprint density at radius 1 is 1.20 bits per heavy atom. The average molecular weight is 270 g/mol. The smallest absolute Gasteiger partial charge is 0.149 e. The summed E-state index contributed by atoms with van der Waals surface area (Å²) in [6.45, 7) is 1.70. The molecule has 3 heteroatoms. The molecule has 2 aromatic carbocycles. The van der Waals surface area contributed by atoms with E-state index < -0.39 is 11.9 Å². The van der Waals surface area contributed by atoms with Crippen molar-refractivity contribution in [2.45, 2.75) is 13.0 Å². The second-order valence-electron chi connectivity index (χ2n) is 4.32. The van der Waals surface area contributed by atoms with Crippen LogP contribution in [-0.4, -0.2) is 11.7 Å². The second kappa shape index (κ2) is 6.74. The molecule has 0 radical (unpaired) electrons. The van der Waals surface area contributed by atoms with E-state index >= 15 is 0 Å². The van der Waals surface area contributed by atoms with Gasteiger partial charge in [0.15, 0.2) is 0 Å². The molecule has 0 aliphatic heterocycles. The lowest BCUT2D eigenvalue weighted by Crippen LogP contribution is -1.99. The van der Waals surface area contributed by atoms with Gasteiger partial charge in [0.2, 0.25) is 0 Å². The molecule has 0 aliphatic carbocycles. The van der Waals surface area contributed by atoms with Gasteiger partial charge in [-0.3, -0.25) is 0 Å². The third-order valence-corrected chi connectivity index (χ3v) is 2.74. The highest BCUT2D eigenvalue weighted by Gasteiger charge is 2.08. The van der Waals surface area contributed by atoms with Gasteiger partial charge in [0.25, 0.3) is 0 Å². The summed E-state index contributed by atoms with van der Waals surface area (Å²) in [5.41, 5.74) is 1.17. The standard InChI is InChI=1S/C17H15FO2/c1-13(19)16-10-9-15(12-17(16)18)20-11-5-8-14-6-3-2-4-7-14/h2-4,6-7,9-10,12-13,19H,11H2,1H3/t13-/m0/s1. The van der Waals surface area contributed by atoms with Crippen molar-refractivity contribution in [1.82, 2.24) is 0 Å². The van der Waals surface area contributed by atoms with E-state index in [4.69, 9.17) is 4.74 Å². The van der Waals surface area contributed by atoms with E-state index in [0.29, 0.717) is 5.75 Å². The van der Waals surface area contributed by atoms with Crippen molar-refractivity contribution in [1.29, 1.82) is 0 Å². The van der Waals surface area contributed by atoms with Gasteiger partial charge in [0.1, 0.15) is 18.2 Å². The number of aliphatic hydroxyl groups is 1. The molecule has 1 N–H and O–H groups in total. The van der Waals surface area contributed by atoms with Crippen molar-refractivity contribution in [2.24, 2.45) is 0 Å². The summed E-state index contributed by atoms with van der Waals surface area (Å²) in [5.74, 6) is 5.73. The molecule has 0 unspecified atom stereocenters. The Bertz CT molecular complexity index is 624. The van der Waals surface area contributed by atoms with Gasteiger partial charge in [-0.05, 0) is 31.2 Å². The van der Waals surface area contributed by atoms with Crippen LogP contribution in [0.25, 0.3) is 0 Å². The molecule has 0 amide bonds. The highest BCUT2D eigenvalue weighted by atomic mass is 19.1. The largest absolute Gasteiger partial charge is 0.481 e. The maximum atomic E-state index is 13.6. The third-order valence-electron chi connectivity index (χ3n) is 2.74. The fourth-order valence-electron chi connectivity index (χ4n) is 1.72. The molecule has 0 bridgehead atoms. The van der Waals surface area contributed by atoms with Gasteiger partial charge >= 0.3 is 0 Å². The number of aliphatic hydroxyl groups excluding tert-OH is 1. The van der Waals surface area contributed by atoms with Crippen LogP contribution in [0.3, 0.4) is 0 Å². The van der Waals surface area contributed by atoms with E-state index in [0.717, 1.165) is 5.56 Å². The molecule has 2 nitrogen and oxygen atoms in total. The Morgan fingerprint density at radius 2 is 1.95 bits per heavy atom. The quantitative estimate of drug-likeness (QED) is 0.867. The third kappa shape index (κ3) is 3.84. The Kier molecular flexibility index (Phi) is 4.75. The number of hydrogen-bond donors (Lipinski definition) is 1. The van der Waals surface area contributed by atoms with Crippen molar-refractivity contribution >= 4 is 0 Å². The normalized spacial score (nSPS) is 11.3. The zero-order valence-corrected chi connectivity index (χ0v) is 11.1. The number of halogens is 1. The van der Waals surface area contributed by atoms with E-state index in [1.54, 1.807) is 6.07 Å². The predicted molar refractivity (Wildman–Crippen MR) is 75.8 cm³/mol. The fraction of sp³-hybridized carbons (Fsp3) is 0.176. The first-order valence-corrected chi connectivity index (χ1v) is 6.31. The Morgan fingerprint density at radius 3 is 2.60 bits per heavy atom. The molecule has 0 aromatic heterocycles. The molecule has 2 aromatic rings. The summed E-state index contributed by atoms with van der Waals surface area (Å²) in [6, 6.07) is 14.0. The summed E-state index contributed by atoms with van der Waals surface area (Å²) in [5, 5.41) is 9.33. The molecule has 20 heavy (non-hydrogen) atoms. The van der Waals surface area contributed by atoms with Gasteiger partial charge in [0.05, 0.1) is 6.10 Å². The highest BCUT2D eigenvalue weighted by Crippen LogP contribution is 2.21. The molecule has 0 fully saturated rings. The highest BCUT2D eigenvalue weighted by molar-refractivity contribution is 5.34. The summed E-state index contributed by atoms with van der Waals surface area (Å²) >= 11 is 0. The zero-order valence-electron chi connectivity index (χ0n) is 11.1. The Balaban J connectivity index is 1.95. The molecular weight excluding hydrogens is 255 g/mol. The van der Waals surface area contributed by atoms with Crippen LogP contribution in [-0.2, 0) is 0 Å². The lowest BCUT2D eigenvalue weighted by atomic mass is 10.1. The van der Waals surface area contributed by atoms with Gasteiger partial charge in [-0.1, -0.05) is 30.0 Å². The molecule has 0 heterocycles. The minimum atomic E-state index is -0.832. The minimum Gasteiger partial charge on any atom is -0.481 e. The van der Waals surface area contributed by atoms with Crippen molar-refractivity contribution in [2.75, 3.05) is 6.61 Å². The molecule has 0 aliphatic rings. The van der Waals surface area contributed by atoms with Crippen LogP contribution < -0.4 is 4.74 Å². The van der Waals surface area contributed by atoms with Gasteiger partial charge in [-0.2, -0.15) is 0 Å². The van der Waals surface area contributed by atoms with Gasteiger partial charge < -0.3 is 9.84 Å². The summed E-state index contributed by atoms with van der Waals surface area (Å²) in [7, 11) is 0. The van der Waals surface area contributed by atoms with Crippen molar-refractivity contribution in [3.63, 3.8) is 0 Å². The number of ether oxygens (including phenoxy) is 1. The Hall–Kier alpha value is -2.31. The lowest BCUT2D eigenvalue weighted by molar-refractivity contribution is 0.194. The molecule has 0 spiro atoms. The summed E-state index contributed by atoms with van der Waals surface area (Å²) in [4.78, 5) is 0. The topological polar surface area (TPSA) is 29.5 Å². The molecule has 2 rings (SSSR count). The SMILES string of the molecule is C[C@H](O)c1ccc(OCC#Cc2ccccc2)cc1F. The lowest BCUT2D eigenvalue weighted by Gasteiger charge is -2.08. The number of rotatable bonds is 3. The summed E-state index contributed by atoms with van der Waals surface area (Å²) < 4.78 is 18.9. The second-order valence-corrected chi connectivity index (χ2v) is 4.32. The zero-order chi connectivity index (χ0) is 14.4. The first kappa shape index (κ1) is 14.1. The first-order chi connectivity index (χ1) is 9.66.